The monoisotopic (exact) mass is 352 g/mol. The average molecular weight is 353 g/mol. The number of carbonyl (C=O) groups is 1. The second kappa shape index (κ2) is 16.7. The minimum atomic E-state index is -0.374. The van der Waals surface area contributed by atoms with E-state index in [-0.39, 0.29) is 11.4 Å². The van der Waals surface area contributed by atoms with Crippen LogP contribution in [-0.4, -0.2) is 12.6 Å². The van der Waals surface area contributed by atoms with Crippen molar-refractivity contribution in [1.29, 1.82) is 0 Å². The zero-order valence-electron chi connectivity index (χ0n) is 17.6. The molecule has 0 aliphatic heterocycles. The first-order chi connectivity index (χ1) is 12.0. The van der Waals surface area contributed by atoms with Gasteiger partial charge in [-0.3, -0.25) is 4.79 Å². The number of esters is 1. The van der Waals surface area contributed by atoms with Gasteiger partial charge in [-0.1, -0.05) is 76.9 Å². The highest BCUT2D eigenvalue weighted by atomic mass is 16.5. The minimum Gasteiger partial charge on any atom is -0.465 e. The Labute approximate surface area is 157 Å². The Bertz CT molecular complexity index is 325. The van der Waals surface area contributed by atoms with Crippen molar-refractivity contribution >= 4 is 5.97 Å². The largest absolute Gasteiger partial charge is 0.465 e. The van der Waals surface area contributed by atoms with Gasteiger partial charge in [0.2, 0.25) is 0 Å². The van der Waals surface area contributed by atoms with E-state index in [2.05, 4.69) is 19.1 Å². The summed E-state index contributed by atoms with van der Waals surface area (Å²) in [5.74, 6) is -0.0846. The molecular weight excluding hydrogens is 308 g/mol. The lowest BCUT2D eigenvalue weighted by molar-refractivity contribution is -0.153. The van der Waals surface area contributed by atoms with Gasteiger partial charge in [0.25, 0.3) is 0 Å². The first kappa shape index (κ1) is 24.2. The van der Waals surface area contributed by atoms with Gasteiger partial charge in [-0.15, -0.1) is 0 Å². The van der Waals surface area contributed by atoms with E-state index in [1.165, 1.54) is 83.5 Å². The van der Waals surface area contributed by atoms with Gasteiger partial charge in [-0.25, -0.2) is 0 Å². The predicted octanol–water partition coefficient (Wildman–Crippen LogP) is 7.61. The Morgan fingerprint density at radius 2 is 1.16 bits per heavy atom. The van der Waals surface area contributed by atoms with Crippen LogP contribution in [0.3, 0.4) is 0 Å². The number of rotatable bonds is 16. The van der Waals surface area contributed by atoms with Gasteiger partial charge in [-0.2, -0.15) is 0 Å². The van der Waals surface area contributed by atoms with Gasteiger partial charge in [-0.05, 0) is 52.9 Å². The Balaban J connectivity index is 3.21. The standard InChI is InChI=1S/C23H44O2/c1-5-6-7-8-9-10-11-12-13-14-15-16-17-18-19-20-21-25-22(24)23(2,3)4/h13-14H,5-12,15-21H2,1-4H3/b14-13+. The van der Waals surface area contributed by atoms with Crippen LogP contribution in [0, 0.1) is 5.41 Å². The Hall–Kier alpha value is -0.790. The van der Waals surface area contributed by atoms with E-state index in [1.807, 2.05) is 20.8 Å². The van der Waals surface area contributed by atoms with E-state index in [0.29, 0.717) is 6.61 Å². The van der Waals surface area contributed by atoms with Gasteiger partial charge in [0.15, 0.2) is 0 Å². The SMILES string of the molecule is CCCCCCCCC/C=C/CCCCCCCOC(=O)C(C)(C)C. The van der Waals surface area contributed by atoms with E-state index >= 15 is 0 Å². The predicted molar refractivity (Wildman–Crippen MR) is 110 cm³/mol. The quantitative estimate of drug-likeness (QED) is 0.162. The van der Waals surface area contributed by atoms with Crippen molar-refractivity contribution in [3.05, 3.63) is 12.2 Å². The summed E-state index contributed by atoms with van der Waals surface area (Å²) in [6.45, 7) is 8.55. The fourth-order valence-electron chi connectivity index (χ4n) is 2.73. The zero-order chi connectivity index (χ0) is 18.8. The number of allylic oxidation sites excluding steroid dienone is 2. The van der Waals surface area contributed by atoms with E-state index in [1.54, 1.807) is 0 Å². The molecule has 0 atom stereocenters. The lowest BCUT2D eigenvalue weighted by Gasteiger charge is -2.16. The molecule has 148 valence electrons. The summed E-state index contributed by atoms with van der Waals surface area (Å²) < 4.78 is 5.28. The normalized spacial score (nSPS) is 12.0. The van der Waals surface area contributed by atoms with Crippen molar-refractivity contribution in [2.24, 2.45) is 5.41 Å². The van der Waals surface area contributed by atoms with Crippen LogP contribution in [0.2, 0.25) is 0 Å². The summed E-state index contributed by atoms with van der Waals surface area (Å²) in [6.07, 6.45) is 23.0. The summed E-state index contributed by atoms with van der Waals surface area (Å²) in [7, 11) is 0. The van der Waals surface area contributed by atoms with Crippen LogP contribution < -0.4 is 0 Å². The summed E-state index contributed by atoms with van der Waals surface area (Å²) in [5, 5.41) is 0. The lowest BCUT2D eigenvalue weighted by Crippen LogP contribution is -2.23. The molecule has 2 nitrogen and oxygen atoms in total. The molecule has 0 aliphatic carbocycles. The second-order valence-corrected chi connectivity index (χ2v) is 8.32. The number of carbonyl (C=O) groups excluding carboxylic acids is 1. The third-order valence-electron chi connectivity index (χ3n) is 4.50. The van der Waals surface area contributed by atoms with E-state index in [0.717, 1.165) is 6.42 Å². The van der Waals surface area contributed by atoms with Crippen molar-refractivity contribution in [2.45, 2.75) is 118 Å². The molecule has 0 radical (unpaired) electrons. The number of unbranched alkanes of at least 4 members (excludes halogenated alkanes) is 12. The molecule has 0 fully saturated rings. The Morgan fingerprint density at radius 3 is 1.64 bits per heavy atom. The summed E-state index contributed by atoms with van der Waals surface area (Å²) in [4.78, 5) is 11.6. The zero-order valence-corrected chi connectivity index (χ0v) is 17.6. The highest BCUT2D eigenvalue weighted by Crippen LogP contribution is 2.15. The summed E-state index contributed by atoms with van der Waals surface area (Å²) in [5.41, 5.74) is -0.374. The maximum Gasteiger partial charge on any atom is 0.311 e. The molecule has 0 aromatic heterocycles. The number of hydrogen-bond donors (Lipinski definition) is 0. The number of hydrogen-bond acceptors (Lipinski definition) is 2. The van der Waals surface area contributed by atoms with Crippen LogP contribution in [0.1, 0.15) is 118 Å². The first-order valence-electron chi connectivity index (χ1n) is 10.8. The van der Waals surface area contributed by atoms with Crippen molar-refractivity contribution in [3.8, 4) is 0 Å². The van der Waals surface area contributed by atoms with Crippen molar-refractivity contribution < 1.29 is 9.53 Å². The molecule has 0 aromatic rings. The molecule has 0 N–H and O–H groups in total. The molecule has 0 aliphatic rings. The van der Waals surface area contributed by atoms with Gasteiger partial charge in [0, 0.05) is 0 Å². The highest BCUT2D eigenvalue weighted by molar-refractivity contribution is 5.75. The van der Waals surface area contributed by atoms with E-state index < -0.39 is 0 Å². The second-order valence-electron chi connectivity index (χ2n) is 8.32. The first-order valence-corrected chi connectivity index (χ1v) is 10.8. The van der Waals surface area contributed by atoms with Gasteiger partial charge in [0.1, 0.15) is 0 Å². The average Bonchev–Trinajstić information content (AvgIpc) is 2.56. The van der Waals surface area contributed by atoms with Crippen LogP contribution in [0.5, 0.6) is 0 Å². The lowest BCUT2D eigenvalue weighted by atomic mass is 9.97. The van der Waals surface area contributed by atoms with Gasteiger partial charge >= 0.3 is 5.97 Å². The summed E-state index contributed by atoms with van der Waals surface area (Å²) >= 11 is 0. The van der Waals surface area contributed by atoms with E-state index in [4.69, 9.17) is 4.74 Å². The number of ether oxygens (including phenoxy) is 1. The third-order valence-corrected chi connectivity index (χ3v) is 4.50. The maximum absolute atomic E-state index is 11.6. The van der Waals surface area contributed by atoms with Crippen LogP contribution in [-0.2, 0) is 9.53 Å². The van der Waals surface area contributed by atoms with Gasteiger partial charge < -0.3 is 4.74 Å². The molecule has 0 unspecified atom stereocenters. The molecule has 0 saturated carbocycles. The highest BCUT2D eigenvalue weighted by Gasteiger charge is 2.22. The molecule has 0 rings (SSSR count). The van der Waals surface area contributed by atoms with E-state index in [9.17, 15) is 4.79 Å². The molecular formula is C23H44O2. The fraction of sp³-hybridized carbons (Fsp3) is 0.870. The molecule has 0 spiro atoms. The maximum atomic E-state index is 11.6. The molecule has 0 saturated heterocycles. The molecule has 2 heteroatoms. The topological polar surface area (TPSA) is 26.3 Å². The van der Waals surface area contributed by atoms with Gasteiger partial charge in [0.05, 0.1) is 12.0 Å². The molecule has 0 aromatic carbocycles. The van der Waals surface area contributed by atoms with Crippen LogP contribution in [0.15, 0.2) is 12.2 Å². The molecule has 25 heavy (non-hydrogen) atoms. The molecule has 0 bridgehead atoms. The van der Waals surface area contributed by atoms with Crippen molar-refractivity contribution in [3.63, 3.8) is 0 Å². The fourth-order valence-corrected chi connectivity index (χ4v) is 2.73. The third kappa shape index (κ3) is 17.8. The van der Waals surface area contributed by atoms with Crippen LogP contribution in [0.4, 0.5) is 0 Å². The smallest absolute Gasteiger partial charge is 0.311 e. The Kier molecular flexibility index (Phi) is 16.1. The van der Waals surface area contributed by atoms with Crippen molar-refractivity contribution in [1.82, 2.24) is 0 Å². The molecule has 0 amide bonds. The van der Waals surface area contributed by atoms with Crippen LogP contribution >= 0.6 is 0 Å². The molecule has 0 heterocycles. The Morgan fingerprint density at radius 1 is 0.720 bits per heavy atom. The summed E-state index contributed by atoms with van der Waals surface area (Å²) in [6, 6.07) is 0. The minimum absolute atomic E-state index is 0.0846. The van der Waals surface area contributed by atoms with Crippen LogP contribution in [0.25, 0.3) is 0 Å². The van der Waals surface area contributed by atoms with Crippen molar-refractivity contribution in [2.75, 3.05) is 6.61 Å².